The summed E-state index contributed by atoms with van der Waals surface area (Å²) in [6.07, 6.45) is 1.01. The first kappa shape index (κ1) is 13.0. The molecule has 0 aromatic heterocycles. The molecule has 0 radical (unpaired) electrons. The van der Waals surface area contributed by atoms with Crippen LogP contribution in [0, 0.1) is 0 Å². The van der Waals surface area contributed by atoms with Crippen LogP contribution in [0.3, 0.4) is 0 Å². The van der Waals surface area contributed by atoms with Gasteiger partial charge < -0.3 is 14.6 Å². The van der Waals surface area contributed by atoms with E-state index in [9.17, 15) is 5.11 Å². The Labute approximate surface area is 118 Å². The largest absolute Gasteiger partial charge is 0.493 e. The first-order valence-corrected chi connectivity index (χ1v) is 6.94. The second-order valence-corrected chi connectivity index (χ2v) is 4.93. The first-order valence-electron chi connectivity index (χ1n) is 6.94. The van der Waals surface area contributed by atoms with Crippen molar-refractivity contribution in [3.8, 4) is 11.5 Å². The number of fused-ring (bicyclic) bond motifs is 1. The molecule has 3 nitrogen and oxygen atoms in total. The molecule has 1 unspecified atom stereocenters. The number of hydrogen-bond acceptors (Lipinski definition) is 3. The fourth-order valence-corrected chi connectivity index (χ4v) is 2.39. The van der Waals surface area contributed by atoms with Crippen LogP contribution in [0.4, 0.5) is 0 Å². The minimum atomic E-state index is -0.496. The fraction of sp³-hybridized carbons (Fsp3) is 0.294. The summed E-state index contributed by atoms with van der Waals surface area (Å²) in [5.74, 6) is 1.78. The number of ether oxygens (including phenoxy) is 2. The lowest BCUT2D eigenvalue weighted by Gasteiger charge is -2.13. The molecule has 20 heavy (non-hydrogen) atoms. The van der Waals surface area contributed by atoms with Crippen LogP contribution in [0.2, 0.25) is 0 Å². The number of aliphatic hydroxyl groups excluding tert-OH is 1. The van der Waals surface area contributed by atoms with E-state index < -0.39 is 6.10 Å². The van der Waals surface area contributed by atoms with Gasteiger partial charge in [0.1, 0.15) is 11.5 Å². The normalized spacial score (nSPS) is 14.4. The molecule has 104 valence electrons. The lowest BCUT2D eigenvalue weighted by atomic mass is 10.0. The standard InChI is InChI=1S/C17H18O3/c18-16(9-11-19-15-4-2-1-3-5-15)13-6-7-17-14(12-13)8-10-20-17/h1-7,12,16,18H,8-11H2. The molecule has 0 aliphatic carbocycles. The Morgan fingerprint density at radius 2 is 2.00 bits per heavy atom. The lowest BCUT2D eigenvalue weighted by Crippen LogP contribution is -2.05. The Morgan fingerprint density at radius 1 is 1.15 bits per heavy atom. The summed E-state index contributed by atoms with van der Waals surface area (Å²) in [7, 11) is 0. The lowest BCUT2D eigenvalue weighted by molar-refractivity contribution is 0.140. The molecule has 3 heteroatoms. The summed E-state index contributed by atoms with van der Waals surface area (Å²) < 4.78 is 11.1. The van der Waals surface area contributed by atoms with E-state index in [4.69, 9.17) is 9.47 Å². The average Bonchev–Trinajstić information content (AvgIpc) is 2.95. The molecule has 1 atom stereocenters. The molecule has 0 bridgehead atoms. The van der Waals surface area contributed by atoms with E-state index in [-0.39, 0.29) is 0 Å². The highest BCUT2D eigenvalue weighted by Gasteiger charge is 2.15. The predicted molar refractivity (Wildman–Crippen MR) is 77.2 cm³/mol. The third-order valence-electron chi connectivity index (χ3n) is 3.50. The molecule has 1 heterocycles. The maximum Gasteiger partial charge on any atom is 0.122 e. The van der Waals surface area contributed by atoms with Gasteiger partial charge in [0.25, 0.3) is 0 Å². The molecule has 0 spiro atoms. The minimum absolute atomic E-state index is 0.496. The van der Waals surface area contributed by atoms with Crippen molar-refractivity contribution in [2.24, 2.45) is 0 Å². The van der Waals surface area contributed by atoms with Gasteiger partial charge in [-0.25, -0.2) is 0 Å². The Morgan fingerprint density at radius 3 is 2.85 bits per heavy atom. The van der Waals surface area contributed by atoms with Crippen LogP contribution in [0.5, 0.6) is 11.5 Å². The van der Waals surface area contributed by atoms with E-state index in [2.05, 4.69) is 0 Å². The van der Waals surface area contributed by atoms with Gasteiger partial charge in [0.2, 0.25) is 0 Å². The summed E-state index contributed by atoms with van der Waals surface area (Å²) in [5.41, 5.74) is 2.12. The second-order valence-electron chi connectivity index (χ2n) is 4.93. The number of benzene rings is 2. The van der Waals surface area contributed by atoms with Gasteiger partial charge >= 0.3 is 0 Å². The van der Waals surface area contributed by atoms with Crippen molar-refractivity contribution in [3.05, 3.63) is 59.7 Å². The summed E-state index contributed by atoms with van der Waals surface area (Å²) >= 11 is 0. The molecule has 0 saturated heterocycles. The summed E-state index contributed by atoms with van der Waals surface area (Å²) in [5, 5.41) is 10.2. The maximum atomic E-state index is 10.2. The molecule has 1 aliphatic heterocycles. The summed E-state index contributed by atoms with van der Waals surface area (Å²) in [6, 6.07) is 15.6. The van der Waals surface area contributed by atoms with Crippen LogP contribution in [0.25, 0.3) is 0 Å². The third-order valence-corrected chi connectivity index (χ3v) is 3.50. The zero-order valence-corrected chi connectivity index (χ0v) is 11.3. The first-order chi connectivity index (χ1) is 9.83. The van der Waals surface area contributed by atoms with E-state index >= 15 is 0 Å². The van der Waals surface area contributed by atoms with Gasteiger partial charge in [0, 0.05) is 12.8 Å². The summed E-state index contributed by atoms with van der Waals surface area (Å²) in [6.45, 7) is 1.24. The number of hydrogen-bond donors (Lipinski definition) is 1. The van der Waals surface area contributed by atoms with Crippen LogP contribution >= 0.6 is 0 Å². The van der Waals surface area contributed by atoms with Crippen LogP contribution < -0.4 is 9.47 Å². The SMILES string of the molecule is OC(CCOc1ccccc1)c1ccc2c(c1)CCO2. The third kappa shape index (κ3) is 2.94. The summed E-state index contributed by atoms with van der Waals surface area (Å²) in [4.78, 5) is 0. The monoisotopic (exact) mass is 270 g/mol. The van der Waals surface area contributed by atoms with E-state index in [0.29, 0.717) is 13.0 Å². The highest BCUT2D eigenvalue weighted by atomic mass is 16.5. The van der Waals surface area contributed by atoms with Gasteiger partial charge in [-0.3, -0.25) is 0 Å². The molecule has 0 fully saturated rings. The van der Waals surface area contributed by atoms with Gasteiger partial charge in [-0.1, -0.05) is 24.3 Å². The highest BCUT2D eigenvalue weighted by Crippen LogP contribution is 2.29. The van der Waals surface area contributed by atoms with Crippen molar-refractivity contribution < 1.29 is 14.6 Å². The molecule has 2 aromatic carbocycles. The molecule has 1 aliphatic rings. The Hall–Kier alpha value is -2.00. The Bertz CT molecular complexity index is 566. The van der Waals surface area contributed by atoms with Crippen LogP contribution in [0.15, 0.2) is 48.5 Å². The second kappa shape index (κ2) is 5.97. The Balaban J connectivity index is 1.55. The van der Waals surface area contributed by atoms with Crippen LogP contribution in [-0.4, -0.2) is 18.3 Å². The topological polar surface area (TPSA) is 38.7 Å². The van der Waals surface area contributed by atoms with E-state index in [1.165, 1.54) is 5.56 Å². The number of para-hydroxylation sites is 1. The van der Waals surface area contributed by atoms with Gasteiger partial charge in [-0.2, -0.15) is 0 Å². The molecule has 2 aromatic rings. The molecule has 1 N–H and O–H groups in total. The van der Waals surface area contributed by atoms with Gasteiger partial charge in [-0.15, -0.1) is 0 Å². The molecule has 0 saturated carbocycles. The van der Waals surface area contributed by atoms with Crippen LogP contribution in [-0.2, 0) is 6.42 Å². The molecule has 0 amide bonds. The van der Waals surface area contributed by atoms with Crippen molar-refractivity contribution in [1.82, 2.24) is 0 Å². The molecular formula is C17H18O3. The van der Waals surface area contributed by atoms with Crippen molar-refractivity contribution in [1.29, 1.82) is 0 Å². The molecular weight excluding hydrogens is 252 g/mol. The van der Waals surface area contributed by atoms with Crippen molar-refractivity contribution >= 4 is 0 Å². The average molecular weight is 270 g/mol. The zero-order valence-electron chi connectivity index (χ0n) is 11.3. The van der Waals surface area contributed by atoms with Crippen molar-refractivity contribution in [2.75, 3.05) is 13.2 Å². The van der Waals surface area contributed by atoms with Gasteiger partial charge in [0.05, 0.1) is 19.3 Å². The fourth-order valence-electron chi connectivity index (χ4n) is 2.39. The number of aliphatic hydroxyl groups is 1. The predicted octanol–water partition coefficient (Wildman–Crippen LogP) is 3.12. The van der Waals surface area contributed by atoms with Crippen molar-refractivity contribution in [2.45, 2.75) is 18.9 Å². The van der Waals surface area contributed by atoms with E-state index in [1.807, 2.05) is 48.5 Å². The van der Waals surface area contributed by atoms with Crippen LogP contribution in [0.1, 0.15) is 23.7 Å². The van der Waals surface area contributed by atoms with Crippen molar-refractivity contribution in [3.63, 3.8) is 0 Å². The van der Waals surface area contributed by atoms with Gasteiger partial charge in [0.15, 0.2) is 0 Å². The number of rotatable bonds is 5. The smallest absolute Gasteiger partial charge is 0.122 e. The maximum absolute atomic E-state index is 10.2. The molecule has 3 rings (SSSR count). The van der Waals surface area contributed by atoms with E-state index in [1.54, 1.807) is 0 Å². The Kier molecular flexibility index (Phi) is 3.88. The minimum Gasteiger partial charge on any atom is -0.493 e. The quantitative estimate of drug-likeness (QED) is 0.907. The highest BCUT2D eigenvalue weighted by molar-refractivity contribution is 5.40. The zero-order chi connectivity index (χ0) is 13.8. The van der Waals surface area contributed by atoms with E-state index in [0.717, 1.165) is 30.1 Å². The van der Waals surface area contributed by atoms with Gasteiger partial charge in [-0.05, 0) is 35.4 Å².